The molecule has 0 aliphatic carbocycles. The Bertz CT molecular complexity index is 796. The lowest BCUT2D eigenvalue weighted by atomic mass is 10.1. The maximum Gasteiger partial charge on any atom is 0.226 e. The summed E-state index contributed by atoms with van der Waals surface area (Å²) in [5.74, 6) is 0.740. The number of carbonyl (C=O) groups is 2. The molecule has 1 aliphatic heterocycles. The van der Waals surface area contributed by atoms with Crippen molar-refractivity contribution in [2.45, 2.75) is 12.8 Å². The molecule has 6 nitrogen and oxygen atoms in total. The van der Waals surface area contributed by atoms with Crippen molar-refractivity contribution >= 4 is 29.1 Å². The molecule has 2 aromatic carbocycles. The van der Waals surface area contributed by atoms with Gasteiger partial charge in [-0.25, -0.2) is 0 Å². The average Bonchev–Trinajstić information content (AvgIpc) is 2.63. The highest BCUT2D eigenvalue weighted by molar-refractivity contribution is 6.34. The Balaban J connectivity index is 1.46. The molecule has 0 bridgehead atoms. The van der Waals surface area contributed by atoms with Crippen molar-refractivity contribution in [3.63, 3.8) is 0 Å². The van der Waals surface area contributed by atoms with E-state index in [4.69, 9.17) is 21.1 Å². The Morgan fingerprint density at radius 2 is 1.69 bits per heavy atom. The molecule has 0 aromatic heterocycles. The molecule has 0 fully saturated rings. The maximum atomic E-state index is 12.1. The summed E-state index contributed by atoms with van der Waals surface area (Å²) in [5, 5.41) is 5.83. The van der Waals surface area contributed by atoms with Crippen molar-refractivity contribution in [2.24, 2.45) is 0 Å². The molecule has 26 heavy (non-hydrogen) atoms. The van der Waals surface area contributed by atoms with Gasteiger partial charge in [0.05, 0.1) is 17.1 Å². The maximum absolute atomic E-state index is 12.1. The predicted octanol–water partition coefficient (Wildman–Crippen LogP) is 2.80. The van der Waals surface area contributed by atoms with E-state index in [0.29, 0.717) is 35.4 Å². The van der Waals surface area contributed by atoms with E-state index >= 15 is 0 Å². The molecule has 0 saturated heterocycles. The molecule has 2 amide bonds. The van der Waals surface area contributed by atoms with Gasteiger partial charge in [-0.3, -0.25) is 9.59 Å². The quantitative estimate of drug-likeness (QED) is 0.815. The van der Waals surface area contributed by atoms with Crippen molar-refractivity contribution in [3.8, 4) is 11.5 Å². The first kappa shape index (κ1) is 18.1. The number of anilines is 1. The van der Waals surface area contributed by atoms with Crippen LogP contribution < -0.4 is 20.1 Å². The Morgan fingerprint density at radius 3 is 2.42 bits per heavy atom. The highest BCUT2D eigenvalue weighted by Crippen LogP contribution is 2.37. The summed E-state index contributed by atoms with van der Waals surface area (Å²) >= 11 is 6.16. The zero-order valence-electron chi connectivity index (χ0n) is 14.1. The Morgan fingerprint density at radius 1 is 1.00 bits per heavy atom. The summed E-state index contributed by atoms with van der Waals surface area (Å²) in [7, 11) is 0. The first-order valence-corrected chi connectivity index (χ1v) is 8.69. The van der Waals surface area contributed by atoms with Crippen LogP contribution in [0.5, 0.6) is 11.5 Å². The normalized spacial score (nSPS) is 12.3. The van der Waals surface area contributed by atoms with E-state index in [0.717, 1.165) is 5.56 Å². The van der Waals surface area contributed by atoms with Gasteiger partial charge in [-0.1, -0.05) is 41.9 Å². The number of carbonyl (C=O) groups excluding carboxylic acids is 2. The van der Waals surface area contributed by atoms with Crippen molar-refractivity contribution in [1.29, 1.82) is 0 Å². The van der Waals surface area contributed by atoms with Crippen LogP contribution in [0.4, 0.5) is 5.69 Å². The van der Waals surface area contributed by atoms with Crippen LogP contribution in [0, 0.1) is 0 Å². The molecule has 3 rings (SSSR count). The minimum Gasteiger partial charge on any atom is -0.486 e. The lowest BCUT2D eigenvalue weighted by Crippen LogP contribution is -2.29. The van der Waals surface area contributed by atoms with Crippen LogP contribution in [0.1, 0.15) is 12.0 Å². The van der Waals surface area contributed by atoms with Gasteiger partial charge in [0.2, 0.25) is 11.8 Å². The second-order valence-corrected chi connectivity index (χ2v) is 6.19. The molecule has 0 saturated carbocycles. The first-order valence-electron chi connectivity index (χ1n) is 8.31. The van der Waals surface area contributed by atoms with Gasteiger partial charge in [-0.05, 0) is 5.56 Å². The van der Waals surface area contributed by atoms with Crippen LogP contribution in [0.15, 0.2) is 42.5 Å². The summed E-state index contributed by atoms with van der Waals surface area (Å²) in [6.07, 6.45) is 0.432. The minimum absolute atomic E-state index is 0.124. The van der Waals surface area contributed by atoms with Crippen LogP contribution in [-0.4, -0.2) is 31.6 Å². The van der Waals surface area contributed by atoms with Crippen molar-refractivity contribution in [1.82, 2.24) is 5.32 Å². The van der Waals surface area contributed by atoms with Gasteiger partial charge in [-0.2, -0.15) is 0 Å². The fraction of sp³-hybridized carbons (Fsp3) is 0.263. The molecule has 2 N–H and O–H groups in total. The summed E-state index contributed by atoms with van der Waals surface area (Å²) in [4.78, 5) is 24.0. The van der Waals surface area contributed by atoms with E-state index in [1.54, 1.807) is 12.1 Å². The predicted molar refractivity (Wildman–Crippen MR) is 98.8 cm³/mol. The zero-order valence-corrected chi connectivity index (χ0v) is 14.8. The summed E-state index contributed by atoms with van der Waals surface area (Å²) in [6.45, 7) is 1.17. The lowest BCUT2D eigenvalue weighted by Gasteiger charge is -2.20. The second-order valence-electron chi connectivity index (χ2n) is 5.79. The number of amides is 2. The van der Waals surface area contributed by atoms with Crippen LogP contribution in [0.3, 0.4) is 0 Å². The Labute approximate surface area is 156 Å². The summed E-state index contributed by atoms with van der Waals surface area (Å²) < 4.78 is 10.9. The van der Waals surface area contributed by atoms with Crippen LogP contribution >= 0.6 is 11.6 Å². The van der Waals surface area contributed by atoms with Crippen LogP contribution in [0.2, 0.25) is 5.02 Å². The monoisotopic (exact) mass is 374 g/mol. The van der Waals surface area contributed by atoms with E-state index in [1.807, 2.05) is 30.3 Å². The van der Waals surface area contributed by atoms with Gasteiger partial charge < -0.3 is 20.1 Å². The topological polar surface area (TPSA) is 76.7 Å². The highest BCUT2D eigenvalue weighted by atomic mass is 35.5. The van der Waals surface area contributed by atoms with Crippen molar-refractivity contribution in [3.05, 3.63) is 53.1 Å². The first-order chi connectivity index (χ1) is 12.6. The second kappa shape index (κ2) is 8.58. The molecule has 1 heterocycles. The van der Waals surface area contributed by atoms with Crippen LogP contribution in [-0.2, 0) is 16.0 Å². The van der Waals surface area contributed by atoms with E-state index in [-0.39, 0.29) is 31.2 Å². The van der Waals surface area contributed by atoms with Gasteiger partial charge in [0.15, 0.2) is 11.5 Å². The highest BCUT2D eigenvalue weighted by Gasteiger charge is 2.16. The van der Waals surface area contributed by atoms with Crippen LogP contribution in [0.25, 0.3) is 0 Å². The molecule has 0 radical (unpaired) electrons. The van der Waals surface area contributed by atoms with Gasteiger partial charge >= 0.3 is 0 Å². The average molecular weight is 375 g/mol. The van der Waals surface area contributed by atoms with E-state index in [1.165, 1.54) is 0 Å². The molecular formula is C19H19ClN2O4. The third-order valence-corrected chi connectivity index (χ3v) is 4.10. The molecule has 7 heteroatoms. The molecule has 2 aromatic rings. The smallest absolute Gasteiger partial charge is 0.226 e. The zero-order chi connectivity index (χ0) is 18.4. The standard InChI is InChI=1S/C19H19ClN2O4/c20-14-11-16-17(26-9-8-25-16)12-15(14)22-18(23)6-7-21-19(24)10-13-4-2-1-3-5-13/h1-5,11-12H,6-10H2,(H,21,24)(H,22,23). The van der Waals surface area contributed by atoms with E-state index in [2.05, 4.69) is 10.6 Å². The molecule has 0 spiro atoms. The van der Waals surface area contributed by atoms with Gasteiger partial charge in [0, 0.05) is 25.1 Å². The number of rotatable bonds is 6. The lowest BCUT2D eigenvalue weighted by molar-refractivity contribution is -0.120. The minimum atomic E-state index is -0.247. The molecule has 0 atom stereocenters. The van der Waals surface area contributed by atoms with Crippen molar-refractivity contribution in [2.75, 3.05) is 25.1 Å². The number of hydrogen-bond acceptors (Lipinski definition) is 4. The van der Waals surface area contributed by atoms with Gasteiger partial charge in [0.1, 0.15) is 13.2 Å². The van der Waals surface area contributed by atoms with Crippen molar-refractivity contribution < 1.29 is 19.1 Å². The third kappa shape index (κ3) is 4.89. The third-order valence-electron chi connectivity index (χ3n) is 3.79. The Kier molecular flexibility index (Phi) is 5.96. The van der Waals surface area contributed by atoms with Gasteiger partial charge in [-0.15, -0.1) is 0 Å². The molecule has 1 aliphatic rings. The number of nitrogens with one attached hydrogen (secondary N) is 2. The summed E-state index contributed by atoms with van der Waals surface area (Å²) in [6, 6.07) is 12.7. The molecule has 0 unspecified atom stereocenters. The Hall–Kier alpha value is -2.73. The summed E-state index contributed by atoms with van der Waals surface area (Å²) in [5.41, 5.74) is 1.38. The number of hydrogen-bond donors (Lipinski definition) is 2. The SMILES string of the molecule is O=C(Cc1ccccc1)NCCC(=O)Nc1cc2c(cc1Cl)OCCO2. The fourth-order valence-electron chi connectivity index (χ4n) is 2.53. The van der Waals surface area contributed by atoms with E-state index in [9.17, 15) is 9.59 Å². The number of benzene rings is 2. The number of halogens is 1. The van der Waals surface area contributed by atoms with E-state index < -0.39 is 0 Å². The molecule has 136 valence electrons. The fourth-order valence-corrected chi connectivity index (χ4v) is 2.73. The van der Waals surface area contributed by atoms with Gasteiger partial charge in [0.25, 0.3) is 0 Å². The molecular weight excluding hydrogens is 356 g/mol. The largest absolute Gasteiger partial charge is 0.486 e. The number of ether oxygens (including phenoxy) is 2. The number of fused-ring (bicyclic) bond motifs is 1.